The van der Waals surface area contributed by atoms with E-state index in [1.807, 2.05) is 61.5 Å². The van der Waals surface area contributed by atoms with E-state index in [0.29, 0.717) is 6.04 Å². The molecule has 0 atom stereocenters. The van der Waals surface area contributed by atoms with Gasteiger partial charge in [-0.3, -0.25) is 5.10 Å². The summed E-state index contributed by atoms with van der Waals surface area (Å²) in [7, 11) is 0. The summed E-state index contributed by atoms with van der Waals surface area (Å²) in [6, 6.07) is 17.9. The third-order valence-corrected chi connectivity index (χ3v) is 5.71. The summed E-state index contributed by atoms with van der Waals surface area (Å²) >= 11 is 0. The topological polar surface area (TPSA) is 72.1 Å². The van der Waals surface area contributed by atoms with Crippen LogP contribution in [0.15, 0.2) is 60.8 Å². The average molecular weight is 415 g/mol. The van der Waals surface area contributed by atoms with E-state index in [-0.39, 0.29) is 0 Å². The number of hydrogen-bond acceptors (Lipinski definition) is 5. The molecular formula is C25H26N4O2. The summed E-state index contributed by atoms with van der Waals surface area (Å²) in [5, 5.41) is 12.0. The summed E-state index contributed by atoms with van der Waals surface area (Å²) < 4.78 is 12.3. The molecule has 5 rings (SSSR count). The molecule has 0 aliphatic heterocycles. The molecule has 2 heterocycles. The predicted molar refractivity (Wildman–Crippen MR) is 122 cm³/mol. The number of rotatable bonds is 6. The molecule has 0 radical (unpaired) electrons. The van der Waals surface area contributed by atoms with Gasteiger partial charge in [-0.2, -0.15) is 5.10 Å². The molecule has 0 bridgehead atoms. The van der Waals surface area contributed by atoms with Crippen LogP contribution >= 0.6 is 0 Å². The van der Waals surface area contributed by atoms with Gasteiger partial charge in [0.1, 0.15) is 28.4 Å². The lowest BCUT2D eigenvalue weighted by molar-refractivity contribution is 0.461. The number of fused-ring (bicyclic) bond motifs is 1. The van der Waals surface area contributed by atoms with Gasteiger partial charge in [0.2, 0.25) is 0 Å². The summed E-state index contributed by atoms with van der Waals surface area (Å²) in [6.07, 6.45) is 7.93. The lowest BCUT2D eigenvalue weighted by Crippen LogP contribution is -2.22. The minimum absolute atomic E-state index is 0.449. The van der Waals surface area contributed by atoms with Gasteiger partial charge in [0.25, 0.3) is 0 Å². The van der Waals surface area contributed by atoms with E-state index < -0.39 is 0 Å². The maximum absolute atomic E-state index is 6.27. The number of nitrogens with one attached hydrogen (secondary N) is 2. The van der Waals surface area contributed by atoms with Gasteiger partial charge in [-0.1, -0.05) is 37.5 Å². The van der Waals surface area contributed by atoms with Crippen molar-refractivity contribution in [2.45, 2.75) is 45.1 Å². The van der Waals surface area contributed by atoms with Gasteiger partial charge in [-0.05, 0) is 55.7 Å². The molecule has 0 saturated heterocycles. The second-order valence-corrected chi connectivity index (χ2v) is 8.03. The number of aryl methyl sites for hydroxylation is 1. The number of nitrogens with zero attached hydrogens (tertiary/aromatic N) is 2. The Hall–Kier alpha value is -3.54. The second kappa shape index (κ2) is 8.68. The molecule has 2 aromatic heterocycles. The Morgan fingerprint density at radius 3 is 2.52 bits per heavy atom. The van der Waals surface area contributed by atoms with Gasteiger partial charge in [-0.15, -0.1) is 0 Å². The van der Waals surface area contributed by atoms with Crippen molar-refractivity contribution < 1.29 is 9.47 Å². The van der Waals surface area contributed by atoms with E-state index in [1.165, 1.54) is 32.1 Å². The van der Waals surface area contributed by atoms with Crippen molar-refractivity contribution in [2.75, 3.05) is 5.32 Å². The number of benzene rings is 2. The Balaban J connectivity index is 1.38. The van der Waals surface area contributed by atoms with Gasteiger partial charge in [0.05, 0.1) is 0 Å². The van der Waals surface area contributed by atoms with Crippen molar-refractivity contribution in [3.8, 4) is 23.0 Å². The monoisotopic (exact) mass is 414 g/mol. The molecule has 2 aromatic carbocycles. The molecular weight excluding hydrogens is 388 g/mol. The highest BCUT2D eigenvalue weighted by Crippen LogP contribution is 2.36. The van der Waals surface area contributed by atoms with Gasteiger partial charge < -0.3 is 14.8 Å². The Morgan fingerprint density at radius 2 is 1.71 bits per heavy atom. The molecule has 1 fully saturated rings. The molecule has 158 valence electrons. The first kappa shape index (κ1) is 19.4. The molecule has 1 aliphatic rings. The second-order valence-electron chi connectivity index (χ2n) is 8.03. The van der Waals surface area contributed by atoms with Crippen LogP contribution < -0.4 is 14.8 Å². The van der Waals surface area contributed by atoms with Crippen LogP contribution in [-0.4, -0.2) is 21.2 Å². The largest absolute Gasteiger partial charge is 0.457 e. The maximum atomic E-state index is 6.27. The number of H-pyrrole nitrogens is 1. The van der Waals surface area contributed by atoms with Crippen LogP contribution in [0.2, 0.25) is 0 Å². The van der Waals surface area contributed by atoms with Crippen LogP contribution in [-0.2, 0) is 0 Å². The zero-order valence-electron chi connectivity index (χ0n) is 17.6. The number of ether oxygens (including phenoxy) is 2. The number of anilines is 1. The molecule has 6 nitrogen and oxygen atoms in total. The summed E-state index contributed by atoms with van der Waals surface area (Å²) in [5.74, 6) is 3.91. The minimum Gasteiger partial charge on any atom is -0.457 e. The van der Waals surface area contributed by atoms with Crippen molar-refractivity contribution in [3.05, 3.63) is 66.4 Å². The zero-order chi connectivity index (χ0) is 21.0. The number of hydrogen-bond donors (Lipinski definition) is 2. The van der Waals surface area contributed by atoms with Crippen LogP contribution in [0.4, 0.5) is 5.82 Å². The number of para-hydroxylation sites is 1. The first-order valence-electron chi connectivity index (χ1n) is 10.9. The lowest BCUT2D eigenvalue weighted by Gasteiger charge is -2.22. The van der Waals surface area contributed by atoms with Crippen LogP contribution in [0.3, 0.4) is 0 Å². The number of pyridine rings is 1. The fourth-order valence-corrected chi connectivity index (χ4v) is 4.09. The van der Waals surface area contributed by atoms with E-state index >= 15 is 0 Å². The lowest BCUT2D eigenvalue weighted by atomic mass is 9.95. The third kappa shape index (κ3) is 4.33. The quantitative estimate of drug-likeness (QED) is 0.372. The Kier molecular flexibility index (Phi) is 5.44. The molecule has 1 saturated carbocycles. The zero-order valence-corrected chi connectivity index (χ0v) is 17.6. The first-order valence-corrected chi connectivity index (χ1v) is 10.9. The Labute approximate surface area is 181 Å². The molecule has 0 spiro atoms. The molecule has 6 heteroatoms. The van der Waals surface area contributed by atoms with Gasteiger partial charge in [-0.25, -0.2) is 4.98 Å². The Bertz CT molecular complexity index is 1170. The molecule has 31 heavy (non-hydrogen) atoms. The van der Waals surface area contributed by atoms with E-state index in [1.54, 1.807) is 6.20 Å². The number of aromatic nitrogens is 3. The molecule has 2 N–H and O–H groups in total. The van der Waals surface area contributed by atoms with Crippen molar-refractivity contribution in [2.24, 2.45) is 0 Å². The van der Waals surface area contributed by atoms with E-state index in [9.17, 15) is 0 Å². The smallest absolute Gasteiger partial charge is 0.161 e. The molecule has 1 aliphatic carbocycles. The molecule has 0 unspecified atom stereocenters. The van der Waals surface area contributed by atoms with E-state index in [0.717, 1.165) is 45.4 Å². The third-order valence-electron chi connectivity index (χ3n) is 5.71. The summed E-state index contributed by atoms with van der Waals surface area (Å²) in [4.78, 5) is 4.42. The fraction of sp³-hybridized carbons (Fsp3) is 0.280. The van der Waals surface area contributed by atoms with Crippen LogP contribution in [0, 0.1) is 6.92 Å². The van der Waals surface area contributed by atoms with Crippen molar-refractivity contribution in [1.82, 2.24) is 15.2 Å². The van der Waals surface area contributed by atoms with E-state index in [2.05, 4.69) is 20.5 Å². The predicted octanol–water partition coefficient (Wildman–Crippen LogP) is 6.60. The highest BCUT2D eigenvalue weighted by atomic mass is 16.5. The average Bonchev–Trinajstić information content (AvgIpc) is 3.21. The number of aromatic amines is 1. The first-order chi connectivity index (χ1) is 15.3. The van der Waals surface area contributed by atoms with Crippen molar-refractivity contribution in [1.29, 1.82) is 0 Å². The van der Waals surface area contributed by atoms with Gasteiger partial charge >= 0.3 is 0 Å². The van der Waals surface area contributed by atoms with Crippen LogP contribution in [0.1, 0.15) is 37.7 Å². The summed E-state index contributed by atoms with van der Waals surface area (Å²) in [5.41, 5.74) is 1.72. The van der Waals surface area contributed by atoms with Crippen LogP contribution in [0.25, 0.3) is 11.0 Å². The normalized spacial score (nSPS) is 14.5. The highest BCUT2D eigenvalue weighted by molar-refractivity contribution is 5.93. The fourth-order valence-electron chi connectivity index (χ4n) is 4.09. The molecule has 4 aromatic rings. The standard InChI is InChI=1S/C25H26N4O2/c1-17-16-20(12-13-21(17)30-19-10-6-3-7-11-19)31-22-14-15-26-24-23(22)25(29-28-24)27-18-8-4-2-5-9-18/h3,6-7,10-16,18H,2,4-5,8-9H2,1H3,(H2,26,27,28,29). The van der Waals surface area contributed by atoms with Gasteiger partial charge in [0, 0.05) is 18.3 Å². The van der Waals surface area contributed by atoms with E-state index in [4.69, 9.17) is 9.47 Å². The van der Waals surface area contributed by atoms with Crippen LogP contribution in [0.5, 0.6) is 23.0 Å². The van der Waals surface area contributed by atoms with Crippen molar-refractivity contribution >= 4 is 16.9 Å². The maximum Gasteiger partial charge on any atom is 0.161 e. The Morgan fingerprint density at radius 1 is 0.903 bits per heavy atom. The van der Waals surface area contributed by atoms with Crippen molar-refractivity contribution in [3.63, 3.8) is 0 Å². The SMILES string of the molecule is Cc1cc(Oc2ccnc3[nH]nc(NC4CCCCC4)c23)ccc1Oc1ccccc1. The van der Waals surface area contributed by atoms with Gasteiger partial charge in [0.15, 0.2) is 11.5 Å². The summed E-state index contributed by atoms with van der Waals surface area (Å²) in [6.45, 7) is 2.02. The molecule has 0 amide bonds. The highest BCUT2D eigenvalue weighted by Gasteiger charge is 2.19. The minimum atomic E-state index is 0.449.